The van der Waals surface area contributed by atoms with E-state index < -0.39 is 0 Å². The summed E-state index contributed by atoms with van der Waals surface area (Å²) < 4.78 is 0. The lowest BCUT2D eigenvalue weighted by atomic mass is 9.94. The molecule has 0 bridgehead atoms. The molecule has 0 aliphatic heterocycles. The number of carbonyl (C=O) groups excluding carboxylic acids is 1. The highest BCUT2D eigenvalue weighted by atomic mass is 35.5. The van der Waals surface area contributed by atoms with Gasteiger partial charge in [-0.25, -0.2) is 0 Å². The van der Waals surface area contributed by atoms with E-state index in [1.807, 2.05) is 55.5 Å². The quantitative estimate of drug-likeness (QED) is 0.360. The molecule has 1 nitrogen and oxygen atoms in total. The summed E-state index contributed by atoms with van der Waals surface area (Å²) in [5, 5.41) is 1.30. The molecule has 0 heterocycles. The molecule has 0 amide bonds. The lowest BCUT2D eigenvalue weighted by molar-refractivity contribution is 0.104. The van der Waals surface area contributed by atoms with Crippen molar-refractivity contribution in [1.29, 1.82) is 0 Å². The molecule has 0 atom stereocenters. The van der Waals surface area contributed by atoms with Gasteiger partial charge in [0.15, 0.2) is 5.78 Å². The molecular formula is C22H16Cl2O. The van der Waals surface area contributed by atoms with Crippen molar-refractivity contribution in [3.8, 4) is 11.1 Å². The van der Waals surface area contributed by atoms with Gasteiger partial charge < -0.3 is 0 Å². The number of hydrogen-bond donors (Lipinski definition) is 0. The summed E-state index contributed by atoms with van der Waals surface area (Å²) in [4.78, 5) is 12.5. The Morgan fingerprint density at radius 1 is 0.800 bits per heavy atom. The van der Waals surface area contributed by atoms with Gasteiger partial charge in [-0.3, -0.25) is 4.79 Å². The third-order valence-corrected chi connectivity index (χ3v) is 4.57. The van der Waals surface area contributed by atoms with Crippen LogP contribution in [0.15, 0.2) is 78.9 Å². The van der Waals surface area contributed by atoms with E-state index >= 15 is 0 Å². The fraction of sp³-hybridized carbons (Fsp3) is 0.0455. The Kier molecular flexibility index (Phi) is 5.37. The van der Waals surface area contributed by atoms with Gasteiger partial charge in [-0.2, -0.15) is 0 Å². The number of halogens is 2. The molecule has 0 saturated heterocycles. The van der Waals surface area contributed by atoms with Crippen LogP contribution in [0.5, 0.6) is 0 Å². The van der Waals surface area contributed by atoms with Crippen LogP contribution in [-0.4, -0.2) is 5.78 Å². The van der Waals surface area contributed by atoms with Gasteiger partial charge >= 0.3 is 0 Å². The fourth-order valence-corrected chi connectivity index (χ4v) is 3.08. The zero-order valence-corrected chi connectivity index (χ0v) is 15.2. The van der Waals surface area contributed by atoms with Crippen LogP contribution in [0.2, 0.25) is 10.0 Å². The van der Waals surface area contributed by atoms with Crippen molar-refractivity contribution in [1.82, 2.24) is 0 Å². The Bertz CT molecular complexity index is 940. The van der Waals surface area contributed by atoms with Crippen LogP contribution in [0.3, 0.4) is 0 Å². The van der Waals surface area contributed by atoms with Gasteiger partial charge in [-0.15, -0.1) is 0 Å². The van der Waals surface area contributed by atoms with Gasteiger partial charge in [0.1, 0.15) is 0 Å². The number of allylic oxidation sites excluding steroid dienone is 2. The van der Waals surface area contributed by atoms with Gasteiger partial charge in [0, 0.05) is 21.2 Å². The second kappa shape index (κ2) is 7.69. The van der Waals surface area contributed by atoms with Gasteiger partial charge in [-0.1, -0.05) is 65.7 Å². The summed E-state index contributed by atoms with van der Waals surface area (Å²) in [5.41, 5.74) is 4.43. The van der Waals surface area contributed by atoms with E-state index in [1.165, 1.54) is 0 Å². The minimum Gasteiger partial charge on any atom is -0.289 e. The zero-order valence-electron chi connectivity index (χ0n) is 13.7. The fourth-order valence-electron chi connectivity index (χ4n) is 2.71. The van der Waals surface area contributed by atoms with E-state index in [2.05, 4.69) is 0 Å². The average molecular weight is 367 g/mol. The first-order chi connectivity index (χ1) is 12.1. The molecule has 0 aliphatic carbocycles. The summed E-state index contributed by atoms with van der Waals surface area (Å²) in [5.74, 6) is -0.0527. The molecule has 0 radical (unpaired) electrons. The number of rotatable bonds is 4. The van der Waals surface area contributed by atoms with Crippen LogP contribution < -0.4 is 0 Å². The number of hydrogen-bond acceptors (Lipinski definition) is 1. The molecule has 0 aliphatic rings. The second-order valence-corrected chi connectivity index (χ2v) is 6.57. The van der Waals surface area contributed by atoms with Gasteiger partial charge in [0.2, 0.25) is 0 Å². The first-order valence-corrected chi connectivity index (χ1v) is 8.64. The monoisotopic (exact) mass is 366 g/mol. The first kappa shape index (κ1) is 17.5. The molecule has 0 spiro atoms. The molecule has 3 aromatic rings. The Balaban J connectivity index is 2.00. The summed E-state index contributed by atoms with van der Waals surface area (Å²) in [7, 11) is 0. The topological polar surface area (TPSA) is 17.1 Å². The molecule has 3 rings (SSSR count). The summed E-state index contributed by atoms with van der Waals surface area (Å²) >= 11 is 12.2. The minimum absolute atomic E-state index is 0.0527. The molecule has 0 saturated carbocycles. The maximum absolute atomic E-state index is 12.5. The molecule has 25 heavy (non-hydrogen) atoms. The second-order valence-electron chi connectivity index (χ2n) is 5.72. The van der Waals surface area contributed by atoms with Crippen LogP contribution in [0.25, 0.3) is 16.7 Å². The molecule has 0 unspecified atom stereocenters. The van der Waals surface area contributed by atoms with Crippen molar-refractivity contribution < 1.29 is 4.79 Å². The third-order valence-electron chi connectivity index (χ3n) is 3.99. The Morgan fingerprint density at radius 2 is 1.40 bits per heavy atom. The van der Waals surface area contributed by atoms with Crippen molar-refractivity contribution in [2.45, 2.75) is 6.92 Å². The molecule has 3 aromatic carbocycles. The van der Waals surface area contributed by atoms with Crippen molar-refractivity contribution in [3.05, 3.63) is 100 Å². The predicted octanol–water partition coefficient (Wildman–Crippen LogP) is 6.95. The average Bonchev–Trinajstić information content (AvgIpc) is 2.62. The van der Waals surface area contributed by atoms with Crippen LogP contribution >= 0.6 is 23.2 Å². The highest BCUT2D eigenvalue weighted by Gasteiger charge is 2.11. The van der Waals surface area contributed by atoms with Crippen molar-refractivity contribution in [2.24, 2.45) is 0 Å². The number of benzene rings is 3. The summed E-state index contributed by atoms with van der Waals surface area (Å²) in [6.45, 7) is 1.93. The van der Waals surface area contributed by atoms with Crippen LogP contribution in [-0.2, 0) is 0 Å². The van der Waals surface area contributed by atoms with Gasteiger partial charge in [0.25, 0.3) is 0 Å². The standard InChI is InChI=1S/C22H16Cl2O/c1-15(14-22(25)16-10-12-17(23)13-11-16)18-6-2-3-7-19(18)20-8-4-5-9-21(20)24/h2-14H,1H3/b15-14+. The summed E-state index contributed by atoms with van der Waals surface area (Å²) in [6.07, 6.45) is 1.65. The van der Waals surface area contributed by atoms with E-state index in [-0.39, 0.29) is 5.78 Å². The Morgan fingerprint density at radius 3 is 2.08 bits per heavy atom. The largest absolute Gasteiger partial charge is 0.289 e. The Labute approximate surface area is 157 Å². The lowest BCUT2D eigenvalue weighted by Crippen LogP contribution is -1.96. The van der Waals surface area contributed by atoms with E-state index in [0.717, 1.165) is 22.3 Å². The predicted molar refractivity (Wildman–Crippen MR) is 106 cm³/mol. The van der Waals surface area contributed by atoms with Gasteiger partial charge in [0.05, 0.1) is 0 Å². The first-order valence-electron chi connectivity index (χ1n) is 7.89. The van der Waals surface area contributed by atoms with Gasteiger partial charge in [-0.05, 0) is 60.0 Å². The highest BCUT2D eigenvalue weighted by molar-refractivity contribution is 6.33. The van der Waals surface area contributed by atoms with Crippen molar-refractivity contribution in [3.63, 3.8) is 0 Å². The van der Waals surface area contributed by atoms with E-state index in [0.29, 0.717) is 15.6 Å². The molecule has 0 aromatic heterocycles. The van der Waals surface area contributed by atoms with E-state index in [4.69, 9.17) is 23.2 Å². The van der Waals surface area contributed by atoms with Crippen molar-refractivity contribution >= 4 is 34.6 Å². The van der Waals surface area contributed by atoms with Crippen LogP contribution in [0.4, 0.5) is 0 Å². The zero-order chi connectivity index (χ0) is 17.8. The summed E-state index contributed by atoms with van der Waals surface area (Å²) in [6, 6.07) is 22.5. The maximum atomic E-state index is 12.5. The third kappa shape index (κ3) is 4.01. The molecular weight excluding hydrogens is 351 g/mol. The SMILES string of the molecule is C/C(=C\C(=O)c1ccc(Cl)cc1)c1ccccc1-c1ccccc1Cl. The van der Waals surface area contributed by atoms with Crippen LogP contribution in [0.1, 0.15) is 22.8 Å². The maximum Gasteiger partial charge on any atom is 0.186 e. The Hall–Kier alpha value is -2.35. The minimum atomic E-state index is -0.0527. The lowest BCUT2D eigenvalue weighted by Gasteiger charge is -2.11. The van der Waals surface area contributed by atoms with Crippen molar-refractivity contribution in [2.75, 3.05) is 0 Å². The number of carbonyl (C=O) groups is 1. The smallest absolute Gasteiger partial charge is 0.186 e. The molecule has 124 valence electrons. The number of ketones is 1. The van der Waals surface area contributed by atoms with E-state index in [9.17, 15) is 4.79 Å². The molecule has 0 fully saturated rings. The highest BCUT2D eigenvalue weighted by Crippen LogP contribution is 2.33. The van der Waals surface area contributed by atoms with Crippen LogP contribution in [0, 0.1) is 0 Å². The van der Waals surface area contributed by atoms with E-state index in [1.54, 1.807) is 30.3 Å². The molecule has 0 N–H and O–H groups in total. The normalized spacial score (nSPS) is 11.4. The molecule has 3 heteroatoms.